The molecule has 0 aliphatic rings. The second-order valence-corrected chi connectivity index (χ2v) is 8.79. The van der Waals surface area contributed by atoms with Gasteiger partial charge in [0.15, 0.2) is 5.75 Å². The van der Waals surface area contributed by atoms with Gasteiger partial charge < -0.3 is 15.5 Å². The number of amides is 1. The topological polar surface area (TPSA) is 149 Å². The largest absolute Gasteiger partial charge is 0.507 e. The van der Waals surface area contributed by atoms with Crippen molar-refractivity contribution in [3.8, 4) is 11.5 Å². The Morgan fingerprint density at radius 3 is 2.32 bits per heavy atom. The van der Waals surface area contributed by atoms with Crippen molar-refractivity contribution in [1.29, 1.82) is 0 Å². The molecule has 0 spiro atoms. The van der Waals surface area contributed by atoms with Crippen LogP contribution in [0.4, 0.5) is 17.1 Å². The minimum Gasteiger partial charge on any atom is -0.507 e. The number of anilines is 1. The first-order valence-electron chi connectivity index (χ1n) is 8.23. The van der Waals surface area contributed by atoms with Gasteiger partial charge in [0.25, 0.3) is 10.1 Å². The summed E-state index contributed by atoms with van der Waals surface area (Å²) in [5.74, 6) is -1.41. The van der Waals surface area contributed by atoms with Crippen molar-refractivity contribution in [2.24, 2.45) is 10.2 Å². The number of hydrogen-bond acceptors (Lipinski definition) is 7. The summed E-state index contributed by atoms with van der Waals surface area (Å²) in [5, 5.41) is 30.2. The SMILES string of the molecule is CC(=O)Nc1ccc(S(=O)(=O)O)c2cc(N=Nc3c(O)c(Cl)cc(Cl)c3Cl)cc(O)c12. The molecule has 4 N–H and O–H groups in total. The minimum atomic E-state index is -4.69. The number of nitrogens with one attached hydrogen (secondary N) is 1. The third-order valence-electron chi connectivity index (χ3n) is 4.01. The fraction of sp³-hybridized carbons (Fsp3) is 0.0556. The van der Waals surface area contributed by atoms with Crippen LogP contribution in [-0.4, -0.2) is 29.1 Å². The fourth-order valence-corrected chi connectivity index (χ4v) is 4.08. The molecule has 0 aliphatic carbocycles. The summed E-state index contributed by atoms with van der Waals surface area (Å²) in [7, 11) is -4.69. The number of phenolic OH excluding ortho intramolecular Hbond substituents is 2. The zero-order chi connectivity index (χ0) is 23.1. The van der Waals surface area contributed by atoms with E-state index in [1.807, 2.05) is 0 Å². The predicted molar refractivity (Wildman–Crippen MR) is 117 cm³/mol. The number of benzene rings is 3. The molecule has 0 radical (unpaired) electrons. The average Bonchev–Trinajstić information content (AvgIpc) is 2.65. The molecule has 0 aromatic heterocycles. The first kappa shape index (κ1) is 23.0. The van der Waals surface area contributed by atoms with Crippen LogP contribution in [0.1, 0.15) is 6.92 Å². The molecule has 0 atom stereocenters. The van der Waals surface area contributed by atoms with Crippen LogP contribution in [0.3, 0.4) is 0 Å². The molecule has 1 amide bonds. The van der Waals surface area contributed by atoms with Gasteiger partial charge in [0.1, 0.15) is 16.3 Å². The lowest BCUT2D eigenvalue weighted by atomic mass is 10.1. The van der Waals surface area contributed by atoms with Crippen molar-refractivity contribution in [2.45, 2.75) is 11.8 Å². The van der Waals surface area contributed by atoms with Crippen molar-refractivity contribution in [1.82, 2.24) is 0 Å². The lowest BCUT2D eigenvalue weighted by molar-refractivity contribution is -0.114. The van der Waals surface area contributed by atoms with Gasteiger partial charge in [-0.3, -0.25) is 9.35 Å². The van der Waals surface area contributed by atoms with Crippen molar-refractivity contribution in [3.05, 3.63) is 45.4 Å². The Morgan fingerprint density at radius 1 is 1.03 bits per heavy atom. The van der Waals surface area contributed by atoms with E-state index in [-0.39, 0.29) is 42.9 Å². The molecule has 0 fully saturated rings. The maximum absolute atomic E-state index is 11.8. The number of halogens is 3. The Hall–Kier alpha value is -2.63. The van der Waals surface area contributed by atoms with Gasteiger partial charge in [-0.05, 0) is 24.3 Å². The first-order chi connectivity index (χ1) is 14.4. The first-order valence-corrected chi connectivity index (χ1v) is 10.8. The van der Waals surface area contributed by atoms with Gasteiger partial charge in [-0.2, -0.15) is 13.5 Å². The molecule has 0 heterocycles. The van der Waals surface area contributed by atoms with E-state index in [1.54, 1.807) is 0 Å². The van der Waals surface area contributed by atoms with Gasteiger partial charge in [-0.25, -0.2) is 0 Å². The van der Waals surface area contributed by atoms with Gasteiger partial charge in [-0.1, -0.05) is 34.8 Å². The molecule has 0 bridgehead atoms. The van der Waals surface area contributed by atoms with Gasteiger partial charge in [-0.15, -0.1) is 5.11 Å². The van der Waals surface area contributed by atoms with E-state index in [9.17, 15) is 28.0 Å². The highest BCUT2D eigenvalue weighted by Crippen LogP contribution is 2.45. The molecular weight excluding hydrogens is 493 g/mol. The summed E-state index contributed by atoms with van der Waals surface area (Å²) in [5.41, 5.74) is -0.208. The fourth-order valence-electron chi connectivity index (χ4n) is 2.77. The van der Waals surface area contributed by atoms with Gasteiger partial charge >= 0.3 is 0 Å². The van der Waals surface area contributed by atoms with Crippen LogP contribution in [-0.2, 0) is 14.9 Å². The van der Waals surface area contributed by atoms with E-state index in [4.69, 9.17) is 34.8 Å². The van der Waals surface area contributed by atoms with Crippen LogP contribution >= 0.6 is 34.8 Å². The third-order valence-corrected chi connectivity index (χ3v) is 5.99. The smallest absolute Gasteiger partial charge is 0.295 e. The number of azo groups is 1. The normalized spacial score (nSPS) is 11.9. The minimum absolute atomic E-state index is 0.00776. The molecule has 3 aromatic carbocycles. The van der Waals surface area contributed by atoms with E-state index in [2.05, 4.69) is 15.5 Å². The molecule has 0 saturated carbocycles. The average molecular weight is 505 g/mol. The highest BCUT2D eigenvalue weighted by molar-refractivity contribution is 7.86. The number of phenols is 2. The van der Waals surface area contributed by atoms with E-state index < -0.39 is 32.4 Å². The summed E-state index contributed by atoms with van der Waals surface area (Å²) in [6.45, 7) is 1.23. The number of fused-ring (bicyclic) bond motifs is 1. The number of carbonyl (C=O) groups excluding carboxylic acids is 1. The highest BCUT2D eigenvalue weighted by atomic mass is 35.5. The number of rotatable bonds is 4. The van der Waals surface area contributed by atoms with E-state index in [0.717, 1.165) is 12.1 Å². The van der Waals surface area contributed by atoms with Crippen LogP contribution in [0.5, 0.6) is 11.5 Å². The number of hydrogen-bond donors (Lipinski definition) is 4. The van der Waals surface area contributed by atoms with Crippen molar-refractivity contribution >= 4 is 78.7 Å². The Bertz CT molecular complexity index is 1350. The zero-order valence-corrected chi connectivity index (χ0v) is 18.5. The molecule has 0 unspecified atom stereocenters. The van der Waals surface area contributed by atoms with Gasteiger partial charge in [0, 0.05) is 23.8 Å². The van der Waals surface area contributed by atoms with Crippen LogP contribution in [0, 0.1) is 0 Å². The number of nitrogens with zero attached hydrogens (tertiary/aromatic N) is 2. The summed E-state index contributed by atoms with van der Waals surface area (Å²) in [6, 6.07) is 5.82. The molecular formula is C18H12Cl3N3O6S. The standard InChI is InChI=1S/C18H12Cl3N3O6S/c1-7(25)22-12-2-3-14(31(28,29)30)9-4-8(5-13(26)15(9)12)23-24-17-16(21)10(19)6-11(20)18(17)27/h2-6,26-27H,1H3,(H,22,25)(H,28,29,30). The quantitative estimate of drug-likeness (QED) is 0.199. The van der Waals surface area contributed by atoms with Crippen LogP contribution < -0.4 is 5.32 Å². The maximum Gasteiger partial charge on any atom is 0.295 e. The Morgan fingerprint density at radius 2 is 1.71 bits per heavy atom. The van der Waals surface area contributed by atoms with Gasteiger partial charge in [0.2, 0.25) is 5.91 Å². The molecule has 3 aromatic rings. The molecule has 9 nitrogen and oxygen atoms in total. The molecule has 162 valence electrons. The van der Waals surface area contributed by atoms with E-state index in [1.165, 1.54) is 25.1 Å². The Kier molecular flexibility index (Phi) is 6.30. The summed E-state index contributed by atoms with van der Waals surface area (Å²) < 4.78 is 33.2. The van der Waals surface area contributed by atoms with Crippen LogP contribution in [0.15, 0.2) is 45.5 Å². The van der Waals surface area contributed by atoms with E-state index in [0.29, 0.717) is 0 Å². The molecule has 0 saturated heterocycles. The summed E-state index contributed by atoms with van der Waals surface area (Å²) in [4.78, 5) is 10.9. The lowest BCUT2D eigenvalue weighted by Gasteiger charge is -2.12. The second-order valence-electron chi connectivity index (χ2n) is 6.21. The predicted octanol–water partition coefficient (Wildman–Crippen LogP) is 5.83. The van der Waals surface area contributed by atoms with Crippen molar-refractivity contribution < 1.29 is 28.0 Å². The summed E-state index contributed by atoms with van der Waals surface area (Å²) in [6.07, 6.45) is 0. The summed E-state index contributed by atoms with van der Waals surface area (Å²) >= 11 is 17.8. The maximum atomic E-state index is 11.8. The molecule has 3 rings (SSSR count). The zero-order valence-electron chi connectivity index (χ0n) is 15.4. The highest BCUT2D eigenvalue weighted by Gasteiger charge is 2.20. The van der Waals surface area contributed by atoms with E-state index >= 15 is 0 Å². The van der Waals surface area contributed by atoms with Crippen LogP contribution in [0.2, 0.25) is 15.1 Å². The molecule has 13 heteroatoms. The number of carbonyl (C=O) groups is 1. The second kappa shape index (κ2) is 8.48. The van der Waals surface area contributed by atoms with Crippen LogP contribution in [0.25, 0.3) is 10.8 Å². The van der Waals surface area contributed by atoms with Crippen molar-refractivity contribution in [3.63, 3.8) is 0 Å². The van der Waals surface area contributed by atoms with Gasteiger partial charge in [0.05, 0.1) is 26.4 Å². The van der Waals surface area contributed by atoms with Crippen molar-refractivity contribution in [2.75, 3.05) is 5.32 Å². The third kappa shape index (κ3) is 4.68. The number of aromatic hydroxyl groups is 2. The Balaban J connectivity index is 2.25. The molecule has 31 heavy (non-hydrogen) atoms. The Labute approximate surface area is 190 Å². The monoisotopic (exact) mass is 503 g/mol. The molecule has 0 aliphatic heterocycles. The lowest BCUT2D eigenvalue weighted by Crippen LogP contribution is -2.07.